The maximum atomic E-state index is 12.6. The molecule has 1 fully saturated rings. The molecule has 1 heterocycles. The third-order valence-corrected chi connectivity index (χ3v) is 5.39. The molecule has 0 radical (unpaired) electrons. The highest BCUT2D eigenvalue weighted by molar-refractivity contribution is 8.13. The summed E-state index contributed by atoms with van der Waals surface area (Å²) in [6.07, 6.45) is 0.281. The van der Waals surface area contributed by atoms with Crippen molar-refractivity contribution in [1.29, 1.82) is 0 Å². The van der Waals surface area contributed by atoms with Crippen LogP contribution in [0.4, 0.5) is 15.3 Å². The summed E-state index contributed by atoms with van der Waals surface area (Å²) in [5.74, 6) is -0.308. The van der Waals surface area contributed by atoms with Gasteiger partial charge in [-0.1, -0.05) is 0 Å². The monoisotopic (exact) mass is 425 g/mol. The fraction of sp³-hybridized carbons (Fsp3) is 0.500. The number of nitrogens with one attached hydrogen (secondary N) is 1. The van der Waals surface area contributed by atoms with E-state index in [4.69, 9.17) is 9.47 Å². The van der Waals surface area contributed by atoms with Gasteiger partial charge in [0, 0.05) is 31.0 Å². The number of carbonyl (C=O) groups excluding carboxylic acids is 3. The molecule has 0 saturated carbocycles. The van der Waals surface area contributed by atoms with E-state index in [2.05, 4.69) is 5.32 Å². The van der Waals surface area contributed by atoms with Gasteiger partial charge in [-0.05, 0) is 49.2 Å². The molecule has 1 aliphatic heterocycles. The number of likely N-dealkylation sites (tertiary alicyclic amines) is 1. The Hall–Kier alpha value is -2.82. The van der Waals surface area contributed by atoms with Gasteiger partial charge in [-0.3, -0.25) is 19.8 Å². The number of likely N-dealkylation sites (N-methyl/N-ethyl adjacent to an activating group) is 1. The molecule has 158 valence electrons. The summed E-state index contributed by atoms with van der Waals surface area (Å²) in [5.41, 5.74) is 0.518. The lowest BCUT2D eigenvalue weighted by Gasteiger charge is -2.37. The van der Waals surface area contributed by atoms with Crippen LogP contribution >= 0.6 is 11.8 Å². The van der Waals surface area contributed by atoms with Gasteiger partial charge in [-0.2, -0.15) is 0 Å². The third kappa shape index (κ3) is 6.34. The fourth-order valence-electron chi connectivity index (χ4n) is 2.90. The number of hydrogen-bond donors (Lipinski definition) is 1. The van der Waals surface area contributed by atoms with Crippen molar-refractivity contribution in [2.45, 2.75) is 37.7 Å². The first-order valence-corrected chi connectivity index (χ1v) is 9.95. The molecule has 1 saturated heterocycles. The number of thioether (sulfide) groups is 1. The van der Waals surface area contributed by atoms with E-state index < -0.39 is 22.4 Å². The molecule has 2 rings (SSSR count). The van der Waals surface area contributed by atoms with Gasteiger partial charge >= 0.3 is 11.4 Å². The largest absolute Gasteiger partial charge is 0.458 e. The molecule has 0 spiro atoms. The molecule has 0 unspecified atom stereocenters. The average Bonchev–Trinajstić information content (AvgIpc) is 2.71. The normalized spacial score (nSPS) is 18.6. The van der Waals surface area contributed by atoms with Gasteiger partial charge in [0.25, 0.3) is 5.69 Å². The van der Waals surface area contributed by atoms with Gasteiger partial charge in [0.2, 0.25) is 5.91 Å². The topological polar surface area (TPSA) is 128 Å². The first kappa shape index (κ1) is 22.5. The minimum Gasteiger partial charge on any atom is -0.458 e. The van der Waals surface area contributed by atoms with E-state index in [1.165, 1.54) is 36.2 Å². The van der Waals surface area contributed by atoms with Gasteiger partial charge < -0.3 is 14.8 Å². The molecule has 11 heteroatoms. The number of piperidine rings is 1. The van der Waals surface area contributed by atoms with Crippen LogP contribution in [0.1, 0.15) is 25.3 Å². The molecule has 1 aromatic rings. The third-order valence-electron chi connectivity index (χ3n) is 4.36. The molecule has 10 nitrogen and oxygen atoms in total. The number of nitro groups is 1. The second kappa shape index (κ2) is 10.6. The molecular formula is C18H23N3O7S. The molecule has 1 N–H and O–H groups in total. The van der Waals surface area contributed by atoms with Crippen LogP contribution in [0, 0.1) is 10.1 Å². The summed E-state index contributed by atoms with van der Waals surface area (Å²) in [6.45, 7) is 2.05. The number of carbonyl (C=O) groups is 3. The van der Waals surface area contributed by atoms with Crippen molar-refractivity contribution in [3.05, 3.63) is 39.9 Å². The highest BCUT2D eigenvalue weighted by Crippen LogP contribution is 2.28. The van der Waals surface area contributed by atoms with Crippen molar-refractivity contribution in [3.8, 4) is 0 Å². The number of nitrogens with zero attached hydrogens (tertiary/aromatic N) is 2. The number of amides is 2. The van der Waals surface area contributed by atoms with Crippen molar-refractivity contribution in [1.82, 2.24) is 10.2 Å². The van der Waals surface area contributed by atoms with Crippen LogP contribution < -0.4 is 5.32 Å². The average molecular weight is 425 g/mol. The zero-order chi connectivity index (χ0) is 21.4. The van der Waals surface area contributed by atoms with Crippen LogP contribution in [-0.4, -0.2) is 58.6 Å². The predicted octanol–water partition coefficient (Wildman–Crippen LogP) is 2.70. The molecule has 0 bridgehead atoms. The number of nitro benzene ring substituents is 1. The Morgan fingerprint density at radius 3 is 2.52 bits per heavy atom. The van der Waals surface area contributed by atoms with Crippen molar-refractivity contribution in [2.24, 2.45) is 0 Å². The summed E-state index contributed by atoms with van der Waals surface area (Å²) < 4.78 is 10.2. The minimum atomic E-state index is -0.691. The van der Waals surface area contributed by atoms with E-state index >= 15 is 0 Å². The van der Waals surface area contributed by atoms with Crippen LogP contribution in [-0.2, 0) is 20.9 Å². The van der Waals surface area contributed by atoms with Crippen molar-refractivity contribution < 1.29 is 28.8 Å². The van der Waals surface area contributed by atoms with Crippen LogP contribution in [0.5, 0.6) is 0 Å². The lowest BCUT2D eigenvalue weighted by molar-refractivity contribution is -0.384. The minimum absolute atomic E-state index is 0.0605. The molecule has 1 aliphatic rings. The summed E-state index contributed by atoms with van der Waals surface area (Å²) in [5, 5.41) is 12.6. The van der Waals surface area contributed by atoms with E-state index in [9.17, 15) is 24.5 Å². The maximum Gasteiger partial charge on any atom is 0.410 e. The Balaban J connectivity index is 2.02. The number of benzene rings is 1. The Bertz CT molecular complexity index is 756. The van der Waals surface area contributed by atoms with E-state index in [1.807, 2.05) is 0 Å². The Morgan fingerprint density at radius 2 is 1.93 bits per heavy atom. The number of non-ortho nitro benzene ring substituents is 1. The van der Waals surface area contributed by atoms with E-state index in [0.29, 0.717) is 18.4 Å². The summed E-state index contributed by atoms with van der Waals surface area (Å²) in [4.78, 5) is 48.0. The smallest absolute Gasteiger partial charge is 0.410 e. The molecule has 0 aromatic heterocycles. The molecule has 2 atom stereocenters. The lowest BCUT2D eigenvalue weighted by atomic mass is 10.0. The Kier molecular flexibility index (Phi) is 8.25. The summed E-state index contributed by atoms with van der Waals surface area (Å²) in [6, 6.07) is 4.95. The van der Waals surface area contributed by atoms with E-state index in [0.717, 1.165) is 11.8 Å². The first-order valence-electron chi connectivity index (χ1n) is 9.07. The fourth-order valence-corrected chi connectivity index (χ4v) is 3.85. The second-order valence-electron chi connectivity index (χ2n) is 6.26. The maximum absolute atomic E-state index is 12.6. The Morgan fingerprint density at radius 1 is 1.24 bits per heavy atom. The van der Waals surface area contributed by atoms with Gasteiger partial charge in [0.15, 0.2) is 0 Å². The number of rotatable bonds is 6. The van der Waals surface area contributed by atoms with Gasteiger partial charge in [0.05, 0.1) is 11.5 Å². The molecular weight excluding hydrogens is 402 g/mol. The SMILES string of the molecule is CCOC(=O)S[C@H]1CC[C@@H](C(=O)NC)N(C(=O)OCc2ccc([N+](=O)[O-])cc2)C1. The molecule has 1 aromatic carbocycles. The molecule has 2 amide bonds. The quantitative estimate of drug-likeness (QED) is 0.418. The number of hydrogen-bond acceptors (Lipinski definition) is 8. The van der Waals surface area contributed by atoms with Crippen molar-refractivity contribution in [3.63, 3.8) is 0 Å². The van der Waals surface area contributed by atoms with Gasteiger partial charge in [-0.25, -0.2) is 9.59 Å². The molecule has 0 aliphatic carbocycles. The van der Waals surface area contributed by atoms with Crippen LogP contribution in [0.25, 0.3) is 0 Å². The summed E-state index contributed by atoms with van der Waals surface area (Å²) in [7, 11) is 1.49. The van der Waals surface area contributed by atoms with Crippen LogP contribution in [0.2, 0.25) is 0 Å². The van der Waals surface area contributed by atoms with Crippen LogP contribution in [0.3, 0.4) is 0 Å². The molecule has 29 heavy (non-hydrogen) atoms. The van der Waals surface area contributed by atoms with E-state index in [-0.39, 0.29) is 36.6 Å². The predicted molar refractivity (Wildman–Crippen MR) is 105 cm³/mol. The van der Waals surface area contributed by atoms with E-state index in [1.54, 1.807) is 6.92 Å². The van der Waals surface area contributed by atoms with Gasteiger partial charge in [-0.15, -0.1) is 0 Å². The van der Waals surface area contributed by atoms with Gasteiger partial charge in [0.1, 0.15) is 12.6 Å². The second-order valence-corrected chi connectivity index (χ2v) is 7.50. The summed E-state index contributed by atoms with van der Waals surface area (Å²) >= 11 is 1.00. The first-order chi connectivity index (χ1) is 13.8. The highest BCUT2D eigenvalue weighted by atomic mass is 32.2. The highest BCUT2D eigenvalue weighted by Gasteiger charge is 2.37. The van der Waals surface area contributed by atoms with Crippen LogP contribution in [0.15, 0.2) is 24.3 Å². The van der Waals surface area contributed by atoms with Crippen molar-refractivity contribution in [2.75, 3.05) is 20.2 Å². The standard InChI is InChI=1S/C18H23N3O7S/c1-3-27-18(24)29-14-8-9-15(16(22)19-2)20(10-14)17(23)28-11-12-4-6-13(7-5-12)21(25)26/h4-7,14-15H,3,8-11H2,1-2H3,(H,19,22)/t14-,15-/m0/s1. The zero-order valence-electron chi connectivity index (χ0n) is 16.2. The lowest BCUT2D eigenvalue weighted by Crippen LogP contribution is -2.54. The Labute approximate surface area is 172 Å². The zero-order valence-corrected chi connectivity index (χ0v) is 17.0. The number of ether oxygens (including phenoxy) is 2. The van der Waals surface area contributed by atoms with Crippen molar-refractivity contribution >= 4 is 34.8 Å².